The Morgan fingerprint density at radius 2 is 2.31 bits per heavy atom. The second-order valence-corrected chi connectivity index (χ2v) is 5.26. The minimum absolute atomic E-state index is 0.0896. The Morgan fingerprint density at radius 3 is 2.81 bits per heavy atom. The van der Waals surface area contributed by atoms with Crippen LogP contribution in [0, 0.1) is 5.92 Å². The number of rotatable bonds is 7. The van der Waals surface area contributed by atoms with E-state index < -0.39 is 0 Å². The highest BCUT2D eigenvalue weighted by molar-refractivity contribution is 4.83. The number of hydrogen-bond acceptors (Lipinski definition) is 4. The third-order valence-corrected chi connectivity index (χ3v) is 2.78. The SMILES string of the molecule is CC(C)NC(C)(CO)COCC1CCOC1. The van der Waals surface area contributed by atoms with Crippen molar-refractivity contribution in [3.63, 3.8) is 0 Å². The molecule has 2 unspecified atom stereocenters. The van der Waals surface area contributed by atoms with Crippen molar-refractivity contribution in [3.8, 4) is 0 Å². The summed E-state index contributed by atoms with van der Waals surface area (Å²) < 4.78 is 11.0. The average Bonchev–Trinajstić information content (AvgIpc) is 2.69. The Hall–Kier alpha value is -0.160. The number of ether oxygens (including phenoxy) is 2. The minimum Gasteiger partial charge on any atom is -0.394 e. The van der Waals surface area contributed by atoms with Crippen molar-refractivity contribution in [1.29, 1.82) is 0 Å². The molecule has 2 N–H and O–H groups in total. The second kappa shape index (κ2) is 6.55. The van der Waals surface area contributed by atoms with E-state index in [2.05, 4.69) is 19.2 Å². The van der Waals surface area contributed by atoms with Crippen molar-refractivity contribution in [2.24, 2.45) is 5.92 Å². The Bertz CT molecular complexity index is 193. The largest absolute Gasteiger partial charge is 0.394 e. The molecule has 1 heterocycles. The van der Waals surface area contributed by atoms with Crippen LogP contribution in [0.2, 0.25) is 0 Å². The molecule has 16 heavy (non-hydrogen) atoms. The zero-order valence-electron chi connectivity index (χ0n) is 10.7. The molecule has 4 heteroatoms. The third kappa shape index (κ3) is 4.78. The summed E-state index contributed by atoms with van der Waals surface area (Å²) in [5, 5.41) is 12.7. The lowest BCUT2D eigenvalue weighted by Gasteiger charge is -2.31. The summed E-state index contributed by atoms with van der Waals surface area (Å²) in [7, 11) is 0. The van der Waals surface area contributed by atoms with E-state index in [-0.39, 0.29) is 12.1 Å². The van der Waals surface area contributed by atoms with Crippen molar-refractivity contribution in [1.82, 2.24) is 5.32 Å². The fourth-order valence-corrected chi connectivity index (χ4v) is 2.00. The van der Waals surface area contributed by atoms with E-state index in [0.717, 1.165) is 26.2 Å². The lowest BCUT2D eigenvalue weighted by atomic mass is 10.0. The van der Waals surface area contributed by atoms with Crippen LogP contribution in [0.1, 0.15) is 27.2 Å². The first kappa shape index (κ1) is 13.9. The first-order valence-corrected chi connectivity index (χ1v) is 6.10. The predicted molar refractivity (Wildman–Crippen MR) is 63.5 cm³/mol. The fraction of sp³-hybridized carbons (Fsp3) is 1.00. The Kier molecular flexibility index (Phi) is 5.69. The number of aliphatic hydroxyl groups excluding tert-OH is 1. The van der Waals surface area contributed by atoms with E-state index >= 15 is 0 Å². The summed E-state index contributed by atoms with van der Waals surface area (Å²) in [4.78, 5) is 0. The first-order valence-electron chi connectivity index (χ1n) is 6.10. The van der Waals surface area contributed by atoms with Crippen LogP contribution in [-0.2, 0) is 9.47 Å². The second-order valence-electron chi connectivity index (χ2n) is 5.26. The Balaban J connectivity index is 2.21. The standard InChI is InChI=1S/C12H25NO3/c1-10(2)13-12(3,8-14)9-16-7-11-4-5-15-6-11/h10-11,13-14H,4-9H2,1-3H3. The molecule has 0 radical (unpaired) electrons. The molecule has 0 aliphatic carbocycles. The van der Waals surface area contributed by atoms with Crippen molar-refractivity contribution >= 4 is 0 Å². The van der Waals surface area contributed by atoms with Crippen LogP contribution in [0.5, 0.6) is 0 Å². The maximum atomic E-state index is 9.36. The van der Waals surface area contributed by atoms with Gasteiger partial charge >= 0.3 is 0 Å². The van der Waals surface area contributed by atoms with Crippen LogP contribution in [-0.4, -0.2) is 49.7 Å². The van der Waals surface area contributed by atoms with Gasteiger partial charge in [-0.3, -0.25) is 0 Å². The van der Waals surface area contributed by atoms with Gasteiger partial charge in [-0.05, 0) is 13.3 Å². The molecule has 2 atom stereocenters. The summed E-state index contributed by atoms with van der Waals surface area (Å²) in [5.41, 5.74) is -0.340. The predicted octanol–water partition coefficient (Wildman–Crippen LogP) is 0.788. The topological polar surface area (TPSA) is 50.7 Å². The van der Waals surface area contributed by atoms with Crippen LogP contribution in [0.4, 0.5) is 0 Å². The molecule has 0 aromatic heterocycles. The molecule has 4 nitrogen and oxygen atoms in total. The van der Waals surface area contributed by atoms with Gasteiger partial charge in [0.2, 0.25) is 0 Å². The van der Waals surface area contributed by atoms with Gasteiger partial charge in [-0.15, -0.1) is 0 Å². The zero-order valence-corrected chi connectivity index (χ0v) is 10.7. The smallest absolute Gasteiger partial charge is 0.0668 e. The van der Waals surface area contributed by atoms with Crippen LogP contribution >= 0.6 is 0 Å². The van der Waals surface area contributed by atoms with Crippen molar-refractivity contribution < 1.29 is 14.6 Å². The van der Waals surface area contributed by atoms with E-state index in [0.29, 0.717) is 18.6 Å². The van der Waals surface area contributed by atoms with Gasteiger partial charge in [0.1, 0.15) is 0 Å². The third-order valence-electron chi connectivity index (χ3n) is 2.78. The molecule has 1 fully saturated rings. The van der Waals surface area contributed by atoms with E-state index in [1.807, 2.05) is 6.92 Å². The molecule has 0 saturated carbocycles. The number of hydrogen-bond donors (Lipinski definition) is 2. The summed E-state index contributed by atoms with van der Waals surface area (Å²) in [6.07, 6.45) is 1.09. The van der Waals surface area contributed by atoms with Crippen molar-refractivity contribution in [2.75, 3.05) is 33.0 Å². The Morgan fingerprint density at radius 1 is 1.56 bits per heavy atom. The quantitative estimate of drug-likeness (QED) is 0.680. The lowest BCUT2D eigenvalue weighted by Crippen LogP contribution is -2.52. The summed E-state index contributed by atoms with van der Waals surface area (Å²) >= 11 is 0. The van der Waals surface area contributed by atoms with Crippen molar-refractivity contribution in [2.45, 2.75) is 38.8 Å². The highest BCUT2D eigenvalue weighted by Gasteiger charge is 2.25. The monoisotopic (exact) mass is 231 g/mol. The molecule has 0 bridgehead atoms. The molecule has 0 amide bonds. The summed E-state index contributed by atoms with van der Waals surface area (Å²) in [6.45, 7) is 9.15. The number of aliphatic hydroxyl groups is 1. The number of nitrogens with one attached hydrogen (secondary N) is 1. The molecule has 96 valence electrons. The van der Waals surface area contributed by atoms with Gasteiger partial charge in [-0.2, -0.15) is 0 Å². The summed E-state index contributed by atoms with van der Waals surface area (Å²) in [6, 6.07) is 0.343. The van der Waals surface area contributed by atoms with Gasteiger partial charge in [0.25, 0.3) is 0 Å². The van der Waals surface area contributed by atoms with Crippen LogP contribution in [0.25, 0.3) is 0 Å². The normalized spacial score (nSPS) is 24.9. The minimum atomic E-state index is -0.340. The van der Waals surface area contributed by atoms with Crippen LogP contribution in [0.3, 0.4) is 0 Å². The highest BCUT2D eigenvalue weighted by Crippen LogP contribution is 2.13. The molecule has 1 saturated heterocycles. The zero-order chi connectivity index (χ0) is 12.0. The highest BCUT2D eigenvalue weighted by atomic mass is 16.5. The summed E-state index contributed by atoms with van der Waals surface area (Å²) in [5.74, 6) is 0.530. The van der Waals surface area contributed by atoms with Gasteiger partial charge in [0.05, 0.1) is 32.0 Å². The molecule has 0 aromatic rings. The van der Waals surface area contributed by atoms with Crippen LogP contribution in [0.15, 0.2) is 0 Å². The molecule has 1 rings (SSSR count). The maximum Gasteiger partial charge on any atom is 0.0668 e. The first-order chi connectivity index (χ1) is 7.56. The molecular weight excluding hydrogens is 206 g/mol. The molecular formula is C12H25NO3. The van der Waals surface area contributed by atoms with E-state index in [1.54, 1.807) is 0 Å². The van der Waals surface area contributed by atoms with Gasteiger partial charge in [0, 0.05) is 18.6 Å². The molecule has 1 aliphatic rings. The van der Waals surface area contributed by atoms with Gasteiger partial charge < -0.3 is 19.9 Å². The van der Waals surface area contributed by atoms with Crippen LogP contribution < -0.4 is 5.32 Å². The van der Waals surface area contributed by atoms with E-state index in [1.165, 1.54) is 0 Å². The van der Waals surface area contributed by atoms with Crippen molar-refractivity contribution in [3.05, 3.63) is 0 Å². The van der Waals surface area contributed by atoms with Gasteiger partial charge in [-0.1, -0.05) is 13.8 Å². The van der Waals surface area contributed by atoms with E-state index in [9.17, 15) is 5.11 Å². The maximum absolute atomic E-state index is 9.36. The molecule has 1 aliphatic heterocycles. The average molecular weight is 231 g/mol. The Labute approximate surface area is 98.3 Å². The van der Waals surface area contributed by atoms with E-state index in [4.69, 9.17) is 9.47 Å². The van der Waals surface area contributed by atoms with Gasteiger partial charge in [0.15, 0.2) is 0 Å². The molecule has 0 aromatic carbocycles. The van der Waals surface area contributed by atoms with Gasteiger partial charge in [-0.25, -0.2) is 0 Å². The lowest BCUT2D eigenvalue weighted by molar-refractivity contribution is 0.0225. The molecule has 0 spiro atoms. The fourth-order valence-electron chi connectivity index (χ4n) is 2.00.